The number of carbonyl (C=O) groups is 1. The Morgan fingerprint density at radius 1 is 1.47 bits per heavy atom. The Bertz CT molecular complexity index is 489. The summed E-state index contributed by atoms with van der Waals surface area (Å²) in [6.45, 7) is 7.40. The number of rotatable bonds is 5. The molecule has 19 heavy (non-hydrogen) atoms. The molecular weight excluding hydrogens is 264 g/mol. The second-order valence-electron chi connectivity index (χ2n) is 4.07. The zero-order valence-electron chi connectivity index (χ0n) is 11.0. The van der Waals surface area contributed by atoms with Crippen molar-refractivity contribution in [2.45, 2.75) is 20.0 Å². The molecule has 1 aromatic rings. The van der Waals surface area contributed by atoms with Crippen molar-refractivity contribution in [2.24, 2.45) is 0 Å². The van der Waals surface area contributed by atoms with E-state index in [1.165, 1.54) is 6.08 Å². The molecule has 0 aliphatic rings. The molecule has 4 heteroatoms. The summed E-state index contributed by atoms with van der Waals surface area (Å²) in [5, 5.41) is 10.2. The van der Waals surface area contributed by atoms with E-state index < -0.39 is 12.1 Å². The fraction of sp³-hybridized carbons (Fsp3) is 0.267. The smallest absolute Gasteiger partial charge is 0.336 e. The van der Waals surface area contributed by atoms with E-state index in [-0.39, 0.29) is 12.2 Å². The molecule has 0 bridgehead atoms. The van der Waals surface area contributed by atoms with Crippen molar-refractivity contribution >= 4 is 22.6 Å². The van der Waals surface area contributed by atoms with Crippen LogP contribution in [0.15, 0.2) is 42.5 Å². The van der Waals surface area contributed by atoms with Crippen LogP contribution < -0.4 is 0 Å². The number of esters is 1. The summed E-state index contributed by atoms with van der Waals surface area (Å²) in [5.74, 6) is -0.625. The topological polar surface area (TPSA) is 46.5 Å². The normalized spacial score (nSPS) is 12.9. The summed E-state index contributed by atoms with van der Waals surface area (Å²) in [7, 11) is 0. The van der Waals surface area contributed by atoms with Crippen molar-refractivity contribution in [3.8, 4) is 0 Å². The lowest BCUT2D eigenvalue weighted by Crippen LogP contribution is -2.17. The highest BCUT2D eigenvalue weighted by Gasteiger charge is 2.16. The van der Waals surface area contributed by atoms with E-state index in [2.05, 4.69) is 6.58 Å². The van der Waals surface area contributed by atoms with Crippen LogP contribution in [0.2, 0.25) is 0 Å². The first-order chi connectivity index (χ1) is 8.95. The van der Waals surface area contributed by atoms with Crippen LogP contribution in [0.5, 0.6) is 0 Å². The Labute approximate surface area is 118 Å². The lowest BCUT2D eigenvalue weighted by molar-refractivity contribution is -0.139. The SMILES string of the molecule is C=C(C(=O)OCC)C(O)/C=C(\Cl)c1ccc(C)cc1. The first-order valence-corrected chi connectivity index (χ1v) is 6.31. The van der Waals surface area contributed by atoms with Gasteiger partial charge in [-0.25, -0.2) is 4.79 Å². The van der Waals surface area contributed by atoms with Crippen LogP contribution in [0.25, 0.3) is 5.03 Å². The molecule has 1 unspecified atom stereocenters. The third-order valence-electron chi connectivity index (χ3n) is 2.53. The first kappa shape index (κ1) is 15.5. The molecule has 0 saturated heterocycles. The van der Waals surface area contributed by atoms with Crippen molar-refractivity contribution in [1.29, 1.82) is 0 Å². The van der Waals surface area contributed by atoms with Crippen molar-refractivity contribution in [3.05, 3.63) is 53.6 Å². The molecule has 1 aromatic carbocycles. The predicted molar refractivity (Wildman–Crippen MR) is 76.8 cm³/mol. The van der Waals surface area contributed by atoms with Gasteiger partial charge in [-0.3, -0.25) is 0 Å². The zero-order valence-corrected chi connectivity index (χ0v) is 11.8. The Kier molecular flexibility index (Phi) is 5.80. The summed E-state index contributed by atoms with van der Waals surface area (Å²) in [4.78, 5) is 11.4. The van der Waals surface area contributed by atoms with Crippen LogP contribution in [-0.2, 0) is 9.53 Å². The number of hydrogen-bond donors (Lipinski definition) is 1. The number of aliphatic hydroxyl groups is 1. The summed E-state index contributed by atoms with van der Waals surface area (Å²) >= 11 is 6.09. The molecule has 1 rings (SSSR count). The van der Waals surface area contributed by atoms with Gasteiger partial charge in [0, 0.05) is 5.03 Å². The molecule has 3 nitrogen and oxygen atoms in total. The third kappa shape index (κ3) is 4.54. The van der Waals surface area contributed by atoms with Gasteiger partial charge in [-0.1, -0.05) is 48.0 Å². The maximum absolute atomic E-state index is 11.4. The molecule has 1 atom stereocenters. The fourth-order valence-corrected chi connectivity index (χ4v) is 1.64. The number of hydrogen-bond acceptors (Lipinski definition) is 3. The maximum Gasteiger partial charge on any atom is 0.336 e. The van der Waals surface area contributed by atoms with Crippen molar-refractivity contribution in [1.82, 2.24) is 0 Å². The number of aryl methyl sites for hydroxylation is 1. The summed E-state index contributed by atoms with van der Waals surface area (Å²) in [6.07, 6.45) is 0.207. The second-order valence-corrected chi connectivity index (χ2v) is 4.48. The van der Waals surface area contributed by atoms with E-state index in [0.717, 1.165) is 11.1 Å². The molecule has 0 fully saturated rings. The standard InChI is InChI=1S/C15H17ClO3/c1-4-19-15(18)11(3)14(17)9-13(16)12-7-5-10(2)6-8-12/h5-9,14,17H,3-4H2,1-2H3/b13-9-. The van der Waals surface area contributed by atoms with Crippen molar-refractivity contribution in [2.75, 3.05) is 6.61 Å². The van der Waals surface area contributed by atoms with Crippen molar-refractivity contribution < 1.29 is 14.6 Å². The van der Waals surface area contributed by atoms with Gasteiger partial charge in [0.15, 0.2) is 0 Å². The number of aliphatic hydroxyl groups excluding tert-OH is 1. The monoisotopic (exact) mass is 280 g/mol. The minimum Gasteiger partial charge on any atom is -0.463 e. The largest absolute Gasteiger partial charge is 0.463 e. The van der Waals surface area contributed by atoms with E-state index in [1.54, 1.807) is 6.92 Å². The molecule has 0 aliphatic carbocycles. The average Bonchev–Trinajstić information content (AvgIpc) is 2.38. The van der Waals surface area contributed by atoms with Crippen LogP contribution in [-0.4, -0.2) is 23.8 Å². The maximum atomic E-state index is 11.4. The molecule has 0 spiro atoms. The molecule has 0 aromatic heterocycles. The highest BCUT2D eigenvalue weighted by Crippen LogP contribution is 2.21. The predicted octanol–water partition coefficient (Wildman–Crippen LogP) is 3.05. The van der Waals surface area contributed by atoms with Crippen molar-refractivity contribution in [3.63, 3.8) is 0 Å². The molecule has 102 valence electrons. The Morgan fingerprint density at radius 3 is 2.58 bits per heavy atom. The van der Waals surface area contributed by atoms with Gasteiger partial charge in [0.2, 0.25) is 0 Å². The molecule has 0 saturated carbocycles. The number of carbonyl (C=O) groups excluding carboxylic acids is 1. The highest BCUT2D eigenvalue weighted by atomic mass is 35.5. The molecular formula is C15H17ClO3. The molecule has 0 amide bonds. The lowest BCUT2D eigenvalue weighted by Gasteiger charge is -2.10. The first-order valence-electron chi connectivity index (χ1n) is 5.94. The Balaban J connectivity index is 2.80. The van der Waals surface area contributed by atoms with Crippen LogP contribution in [0.1, 0.15) is 18.1 Å². The van der Waals surface area contributed by atoms with E-state index in [4.69, 9.17) is 16.3 Å². The summed E-state index contributed by atoms with van der Waals surface area (Å²) in [6, 6.07) is 7.51. The lowest BCUT2D eigenvalue weighted by atomic mass is 10.1. The van der Waals surface area contributed by atoms with Crippen LogP contribution >= 0.6 is 11.6 Å². The Morgan fingerprint density at radius 2 is 2.05 bits per heavy atom. The number of benzene rings is 1. The second kappa shape index (κ2) is 7.12. The minimum absolute atomic E-state index is 0.0351. The van der Waals surface area contributed by atoms with Gasteiger partial charge in [0.25, 0.3) is 0 Å². The quantitative estimate of drug-likeness (QED) is 0.666. The zero-order chi connectivity index (χ0) is 14.4. The average molecular weight is 281 g/mol. The third-order valence-corrected chi connectivity index (χ3v) is 2.87. The van der Waals surface area contributed by atoms with Crippen LogP contribution in [0.3, 0.4) is 0 Å². The molecule has 0 aliphatic heterocycles. The molecule has 0 radical (unpaired) electrons. The Hall–Kier alpha value is -1.58. The van der Waals surface area contributed by atoms with E-state index >= 15 is 0 Å². The van der Waals surface area contributed by atoms with Gasteiger partial charge in [-0.05, 0) is 25.5 Å². The van der Waals surface area contributed by atoms with Gasteiger partial charge in [0.05, 0.1) is 12.2 Å². The van der Waals surface area contributed by atoms with Crippen LogP contribution in [0.4, 0.5) is 0 Å². The minimum atomic E-state index is -1.16. The van der Waals surface area contributed by atoms with Gasteiger partial charge in [-0.2, -0.15) is 0 Å². The van der Waals surface area contributed by atoms with Gasteiger partial charge < -0.3 is 9.84 Å². The summed E-state index contributed by atoms with van der Waals surface area (Å²) < 4.78 is 4.76. The van der Waals surface area contributed by atoms with Gasteiger partial charge in [-0.15, -0.1) is 0 Å². The van der Waals surface area contributed by atoms with Crippen LogP contribution in [0, 0.1) is 6.92 Å². The highest BCUT2D eigenvalue weighted by molar-refractivity contribution is 6.48. The molecule has 0 heterocycles. The van der Waals surface area contributed by atoms with E-state index in [9.17, 15) is 9.90 Å². The fourth-order valence-electron chi connectivity index (χ4n) is 1.39. The number of ether oxygens (including phenoxy) is 1. The number of halogens is 1. The van der Waals surface area contributed by atoms with E-state index in [1.807, 2.05) is 31.2 Å². The van der Waals surface area contributed by atoms with Gasteiger partial charge >= 0.3 is 5.97 Å². The van der Waals surface area contributed by atoms with Gasteiger partial charge in [0.1, 0.15) is 6.10 Å². The van der Waals surface area contributed by atoms with E-state index in [0.29, 0.717) is 5.03 Å². The summed E-state index contributed by atoms with van der Waals surface area (Å²) in [5.41, 5.74) is 1.85. The molecule has 1 N–H and O–H groups in total.